The molecule has 10 nitrogen and oxygen atoms in total. The molecule has 1 amide bonds. The van der Waals surface area contributed by atoms with Gasteiger partial charge in [0.25, 0.3) is 0 Å². The molecule has 312 valence electrons. The summed E-state index contributed by atoms with van der Waals surface area (Å²) in [6.07, 6.45) is 25.7. The molecule has 0 aliphatic carbocycles. The molecule has 3 rings (SSSR count). The second-order valence-corrected chi connectivity index (χ2v) is 16.3. The summed E-state index contributed by atoms with van der Waals surface area (Å²) in [5.41, 5.74) is 8.85. The van der Waals surface area contributed by atoms with Gasteiger partial charge in [-0.05, 0) is 73.4 Å². The first-order valence-corrected chi connectivity index (χ1v) is 20.3. The van der Waals surface area contributed by atoms with Crippen molar-refractivity contribution in [3.8, 4) is 0 Å². The van der Waals surface area contributed by atoms with Crippen molar-refractivity contribution in [1.82, 2.24) is 10.2 Å². The van der Waals surface area contributed by atoms with Gasteiger partial charge in [0, 0.05) is 24.6 Å². The van der Waals surface area contributed by atoms with Crippen LogP contribution in [0, 0.1) is 11.8 Å². The molecule has 0 aromatic carbocycles. The number of aliphatic hydroxyl groups excluding tert-OH is 1. The Morgan fingerprint density at radius 1 is 1.00 bits per heavy atom. The number of amides is 1. The summed E-state index contributed by atoms with van der Waals surface area (Å²) in [7, 11) is 4.08. The van der Waals surface area contributed by atoms with E-state index in [1.165, 1.54) is 0 Å². The maximum Gasteiger partial charge on any atom is 0.247 e. The molecule has 11 atom stereocenters. The number of aliphatic hydroxyl groups is 2. The molecular formula is C46H71N3O7. The molecule has 5 N–H and O–H groups in total. The van der Waals surface area contributed by atoms with Crippen LogP contribution in [-0.4, -0.2) is 103 Å². The van der Waals surface area contributed by atoms with Crippen LogP contribution in [0.15, 0.2) is 107 Å². The van der Waals surface area contributed by atoms with Crippen molar-refractivity contribution in [3.63, 3.8) is 0 Å². The third-order valence-corrected chi connectivity index (χ3v) is 10.5. The van der Waals surface area contributed by atoms with Gasteiger partial charge in [-0.25, -0.2) is 0 Å². The van der Waals surface area contributed by atoms with E-state index in [1.807, 2.05) is 95.6 Å². The third-order valence-electron chi connectivity index (χ3n) is 10.5. The Morgan fingerprint density at radius 2 is 1.71 bits per heavy atom. The highest BCUT2D eigenvalue weighted by Crippen LogP contribution is 2.29. The molecule has 2 saturated heterocycles. The zero-order chi connectivity index (χ0) is 41.4. The highest BCUT2D eigenvalue weighted by Gasteiger charge is 2.43. The van der Waals surface area contributed by atoms with E-state index in [4.69, 9.17) is 24.7 Å². The Labute approximate surface area is 337 Å². The lowest BCUT2D eigenvalue weighted by molar-refractivity contribution is -0.293. The largest absolute Gasteiger partial charge is 0.388 e. The highest BCUT2D eigenvalue weighted by molar-refractivity contribution is 5.93. The summed E-state index contributed by atoms with van der Waals surface area (Å²) in [5, 5.41) is 26.2. The van der Waals surface area contributed by atoms with Gasteiger partial charge in [-0.15, -0.1) is 0 Å². The summed E-state index contributed by atoms with van der Waals surface area (Å²) >= 11 is 0. The fourth-order valence-corrected chi connectivity index (χ4v) is 6.74. The van der Waals surface area contributed by atoms with E-state index >= 15 is 0 Å². The van der Waals surface area contributed by atoms with Crippen molar-refractivity contribution in [1.29, 1.82) is 0 Å². The van der Waals surface area contributed by atoms with Gasteiger partial charge < -0.3 is 45.1 Å². The predicted octanol–water partition coefficient (Wildman–Crippen LogP) is 6.76. The molecule has 0 saturated carbocycles. The van der Waals surface area contributed by atoms with Crippen molar-refractivity contribution in [2.45, 2.75) is 136 Å². The lowest BCUT2D eigenvalue weighted by Gasteiger charge is -2.43. The average Bonchev–Trinajstić information content (AvgIpc) is 3.13. The third kappa shape index (κ3) is 16.0. The average molecular weight is 778 g/mol. The fraction of sp³-hybridized carbons (Fsp3) is 0.587. The number of hydrogen-bond acceptors (Lipinski definition) is 9. The number of carbonyl (C=O) groups is 1. The minimum atomic E-state index is -1.49. The first-order chi connectivity index (χ1) is 26.5. The summed E-state index contributed by atoms with van der Waals surface area (Å²) in [6.45, 7) is 16.7. The molecule has 3 aliphatic heterocycles. The molecular weight excluding hydrogens is 707 g/mol. The Bertz CT molecular complexity index is 1530. The minimum absolute atomic E-state index is 0.0157. The maximum atomic E-state index is 13.3. The van der Waals surface area contributed by atoms with E-state index in [2.05, 4.69) is 44.0 Å². The molecule has 2 fully saturated rings. The van der Waals surface area contributed by atoms with Crippen LogP contribution in [-0.2, 0) is 23.7 Å². The monoisotopic (exact) mass is 778 g/mol. The number of allylic oxidation sites excluding steroid dienone is 14. The van der Waals surface area contributed by atoms with Gasteiger partial charge in [0.1, 0.15) is 23.9 Å². The van der Waals surface area contributed by atoms with Gasteiger partial charge in [-0.3, -0.25) is 4.79 Å². The number of hydrogen-bond donors (Lipinski definition) is 4. The lowest BCUT2D eigenvalue weighted by atomic mass is 9.96. The van der Waals surface area contributed by atoms with Crippen molar-refractivity contribution in [2.24, 2.45) is 17.6 Å². The normalized spacial score (nSPS) is 33.9. The Morgan fingerprint density at radius 3 is 2.43 bits per heavy atom. The Balaban J connectivity index is 1.87. The molecule has 0 radical (unpaired) electrons. The molecule has 0 spiro atoms. The Hall–Kier alpha value is -3.19. The molecule has 3 aliphatic rings. The number of nitrogens with two attached hydrogens (primary N) is 1. The summed E-state index contributed by atoms with van der Waals surface area (Å²) in [6, 6.07) is -0.652. The first kappa shape index (κ1) is 47.2. The molecule has 0 aromatic rings. The second kappa shape index (κ2) is 23.3. The van der Waals surface area contributed by atoms with Crippen LogP contribution < -0.4 is 11.1 Å². The van der Waals surface area contributed by atoms with Crippen molar-refractivity contribution < 1.29 is 34.0 Å². The van der Waals surface area contributed by atoms with E-state index < -0.39 is 42.5 Å². The number of nitrogens with one attached hydrogen (secondary N) is 1. The zero-order valence-corrected chi connectivity index (χ0v) is 35.6. The summed E-state index contributed by atoms with van der Waals surface area (Å²) in [5.74, 6) is 0.486. The van der Waals surface area contributed by atoms with Crippen LogP contribution in [0.2, 0.25) is 0 Å². The minimum Gasteiger partial charge on any atom is -0.388 e. The molecule has 3 heterocycles. The number of nitrogens with zero attached hydrogens (tertiary/aromatic N) is 1. The van der Waals surface area contributed by atoms with Crippen molar-refractivity contribution >= 4 is 5.91 Å². The van der Waals surface area contributed by atoms with E-state index in [9.17, 15) is 15.0 Å². The van der Waals surface area contributed by atoms with Gasteiger partial charge in [0.2, 0.25) is 5.91 Å². The van der Waals surface area contributed by atoms with E-state index in [1.54, 1.807) is 25.2 Å². The second-order valence-electron chi connectivity index (χ2n) is 16.3. The molecule has 0 aromatic heterocycles. The van der Waals surface area contributed by atoms with Crippen molar-refractivity contribution in [3.05, 3.63) is 107 Å². The van der Waals surface area contributed by atoms with Crippen LogP contribution in [0.5, 0.6) is 0 Å². The zero-order valence-electron chi connectivity index (χ0n) is 35.6. The van der Waals surface area contributed by atoms with E-state index in [0.717, 1.165) is 35.1 Å². The smallest absolute Gasteiger partial charge is 0.247 e. The number of rotatable bonds is 8. The Kier molecular flexibility index (Phi) is 19.6. The highest BCUT2D eigenvalue weighted by atomic mass is 16.7. The predicted molar refractivity (Wildman–Crippen MR) is 226 cm³/mol. The number of carbonyl (C=O) groups excluding carboxylic acids is 1. The molecule has 56 heavy (non-hydrogen) atoms. The molecule has 10 heteroatoms. The standard InChI is InChI=1S/C46H71N3O7/c1-11-31(2)25-37-26-34(5)19-13-12-16-23-46(8,52)40(22-15-14-18-32(3)20-17-21-33(4)24-35(6)29-48-44(37)51)56-45-42(47)43(50)39(30-53-45)55-41-28-38(49(9)10)27-36(7)54-41/h12-24,26,31,35-36,38-43,45,50,52H,11,25,27-30,47H2,1-10H3,(H,48,51). The van der Waals surface area contributed by atoms with Gasteiger partial charge in [-0.2, -0.15) is 0 Å². The van der Waals surface area contributed by atoms with E-state index in [0.29, 0.717) is 31.3 Å². The van der Waals surface area contributed by atoms with Crippen LogP contribution in [0.1, 0.15) is 81.1 Å². The van der Waals surface area contributed by atoms with Crippen molar-refractivity contribution in [2.75, 3.05) is 27.2 Å². The molecule has 0 bridgehead atoms. The molecule has 11 unspecified atom stereocenters. The van der Waals surface area contributed by atoms with Gasteiger partial charge >= 0.3 is 0 Å². The summed E-state index contributed by atoms with van der Waals surface area (Å²) < 4.78 is 24.7. The van der Waals surface area contributed by atoms with Gasteiger partial charge in [-0.1, -0.05) is 129 Å². The van der Waals surface area contributed by atoms with Gasteiger partial charge in [0.15, 0.2) is 12.6 Å². The SMILES string of the molecule is CCC(C)CC1=CC(C)=CC=CC=CC(C)(O)C(OC2OCC(OC3CC(N(C)C)CC(C)O3)C(O)C2N)C=CC=CC(C)=CC=CC(C)=CC(C)CNC1=O. The quantitative estimate of drug-likeness (QED) is 0.211. The fourth-order valence-electron chi connectivity index (χ4n) is 6.74. The lowest BCUT2D eigenvalue weighted by Crippen LogP contribution is -2.61. The summed E-state index contributed by atoms with van der Waals surface area (Å²) in [4.78, 5) is 15.5. The first-order valence-electron chi connectivity index (χ1n) is 20.3. The van der Waals surface area contributed by atoms with E-state index in [-0.39, 0.29) is 24.5 Å². The topological polar surface area (TPSA) is 136 Å². The maximum absolute atomic E-state index is 13.3. The van der Waals surface area contributed by atoms with Crippen LogP contribution in [0.25, 0.3) is 0 Å². The number of ether oxygens (including phenoxy) is 4. The van der Waals surface area contributed by atoms with Crippen LogP contribution >= 0.6 is 0 Å². The van der Waals surface area contributed by atoms with Crippen LogP contribution in [0.4, 0.5) is 0 Å². The van der Waals surface area contributed by atoms with Gasteiger partial charge in [0.05, 0.1) is 18.8 Å². The van der Waals surface area contributed by atoms with Crippen LogP contribution in [0.3, 0.4) is 0 Å².